The van der Waals surface area contributed by atoms with Crippen LogP contribution in [0.4, 0.5) is 4.79 Å². The van der Waals surface area contributed by atoms with E-state index in [1.807, 2.05) is 11.1 Å². The van der Waals surface area contributed by atoms with Crippen LogP contribution in [0, 0.1) is 0 Å². The minimum absolute atomic E-state index is 0.362. The second kappa shape index (κ2) is 7.11. The fourth-order valence-corrected chi connectivity index (χ4v) is 2.15. The van der Waals surface area contributed by atoms with Crippen LogP contribution in [0.15, 0.2) is 30.3 Å². The molecule has 1 fully saturated rings. The fourth-order valence-electron chi connectivity index (χ4n) is 2.15. The Bertz CT molecular complexity index is 389. The Hall–Kier alpha value is -1.59. The molecule has 0 aliphatic carbocycles. The Labute approximate surface area is 114 Å². The lowest BCUT2D eigenvalue weighted by Gasteiger charge is -2.34. The topological polar surface area (TPSA) is 44.8 Å². The number of carbonyl (C=O) groups is 1. The highest BCUT2D eigenvalue weighted by molar-refractivity contribution is 5.66. The summed E-state index contributed by atoms with van der Waals surface area (Å²) in [5, 5.41) is 1.92. The van der Waals surface area contributed by atoms with E-state index >= 15 is 0 Å². The first-order valence-corrected chi connectivity index (χ1v) is 6.72. The summed E-state index contributed by atoms with van der Waals surface area (Å²) in [6.45, 7) is 6.71. The molecule has 1 aliphatic heterocycles. The molecule has 5 heteroatoms. The van der Waals surface area contributed by atoms with Gasteiger partial charge >= 0.3 is 6.09 Å². The Morgan fingerprint density at radius 3 is 2.53 bits per heavy atom. The van der Waals surface area contributed by atoms with E-state index in [4.69, 9.17) is 4.74 Å². The van der Waals surface area contributed by atoms with Gasteiger partial charge in [0.25, 0.3) is 0 Å². The van der Waals surface area contributed by atoms with Crippen LogP contribution in [0.25, 0.3) is 0 Å². The van der Waals surface area contributed by atoms with Gasteiger partial charge in [-0.3, -0.25) is 10.3 Å². The van der Waals surface area contributed by atoms with Crippen LogP contribution in [0.2, 0.25) is 0 Å². The van der Waals surface area contributed by atoms with Crippen molar-refractivity contribution in [2.75, 3.05) is 32.8 Å². The van der Waals surface area contributed by atoms with Crippen LogP contribution in [0.1, 0.15) is 12.5 Å². The zero-order valence-corrected chi connectivity index (χ0v) is 11.3. The van der Waals surface area contributed by atoms with E-state index in [0.717, 1.165) is 32.7 Å². The predicted molar refractivity (Wildman–Crippen MR) is 73.4 cm³/mol. The minimum atomic E-state index is -0.362. The molecule has 1 heterocycles. The molecule has 1 aromatic rings. The molecule has 0 radical (unpaired) electrons. The molecule has 1 saturated heterocycles. The number of nitrogens with one attached hydrogen (secondary N) is 1. The standard InChI is InChI=1S/C14H21N3O2/c1-2-19-14(18)15-17-10-8-16(9-11-17)12-13-6-4-3-5-7-13/h3-7H,2,8-12H2,1H3,(H,15,18). The van der Waals surface area contributed by atoms with Crippen LogP contribution >= 0.6 is 0 Å². The van der Waals surface area contributed by atoms with Crippen molar-refractivity contribution >= 4 is 6.09 Å². The second-order valence-corrected chi connectivity index (χ2v) is 4.58. The minimum Gasteiger partial charge on any atom is -0.449 e. The number of hydrogen-bond acceptors (Lipinski definition) is 4. The van der Waals surface area contributed by atoms with Gasteiger partial charge in [0.2, 0.25) is 0 Å². The molecule has 2 rings (SSSR count). The lowest BCUT2D eigenvalue weighted by Crippen LogP contribution is -2.53. The molecule has 0 saturated carbocycles. The van der Waals surface area contributed by atoms with Crippen molar-refractivity contribution in [3.05, 3.63) is 35.9 Å². The van der Waals surface area contributed by atoms with Crippen molar-refractivity contribution in [3.8, 4) is 0 Å². The molecule has 5 nitrogen and oxygen atoms in total. The highest BCUT2D eigenvalue weighted by atomic mass is 16.6. The quantitative estimate of drug-likeness (QED) is 0.893. The Morgan fingerprint density at radius 2 is 1.89 bits per heavy atom. The van der Waals surface area contributed by atoms with Gasteiger partial charge in [-0.25, -0.2) is 9.80 Å². The maximum atomic E-state index is 11.3. The number of carbonyl (C=O) groups excluding carboxylic acids is 1. The SMILES string of the molecule is CCOC(=O)NN1CCN(Cc2ccccc2)CC1. The molecule has 0 unspecified atom stereocenters. The normalized spacial score (nSPS) is 17.1. The molecule has 104 valence electrons. The summed E-state index contributed by atoms with van der Waals surface area (Å²) in [6.07, 6.45) is -0.362. The van der Waals surface area contributed by atoms with Gasteiger partial charge in [-0.1, -0.05) is 30.3 Å². The fraction of sp³-hybridized carbons (Fsp3) is 0.500. The highest BCUT2D eigenvalue weighted by Crippen LogP contribution is 2.07. The molecule has 0 bridgehead atoms. The third-order valence-corrected chi connectivity index (χ3v) is 3.15. The largest absolute Gasteiger partial charge is 0.449 e. The summed E-state index contributed by atoms with van der Waals surface area (Å²) >= 11 is 0. The maximum Gasteiger partial charge on any atom is 0.421 e. The van der Waals surface area contributed by atoms with Gasteiger partial charge in [0.15, 0.2) is 0 Å². The Kier molecular flexibility index (Phi) is 5.18. The number of ether oxygens (including phenoxy) is 1. The van der Waals surface area contributed by atoms with Gasteiger partial charge in [0.1, 0.15) is 0 Å². The van der Waals surface area contributed by atoms with Crippen molar-refractivity contribution in [1.82, 2.24) is 15.3 Å². The van der Waals surface area contributed by atoms with Gasteiger partial charge < -0.3 is 4.74 Å². The first-order chi connectivity index (χ1) is 9.28. The van der Waals surface area contributed by atoms with Crippen LogP contribution in [-0.2, 0) is 11.3 Å². The van der Waals surface area contributed by atoms with Crippen molar-refractivity contribution in [2.24, 2.45) is 0 Å². The van der Waals surface area contributed by atoms with E-state index < -0.39 is 0 Å². The molecular formula is C14H21N3O2. The zero-order valence-electron chi connectivity index (χ0n) is 11.3. The number of nitrogens with zero attached hydrogens (tertiary/aromatic N) is 2. The molecule has 1 amide bonds. The van der Waals surface area contributed by atoms with Gasteiger partial charge in [0, 0.05) is 32.7 Å². The molecule has 0 aromatic heterocycles. The molecule has 0 spiro atoms. The summed E-state index contributed by atoms with van der Waals surface area (Å²) < 4.78 is 4.86. The number of hydrogen-bond donors (Lipinski definition) is 1. The molecular weight excluding hydrogens is 242 g/mol. The molecule has 1 N–H and O–H groups in total. The average Bonchev–Trinajstić information content (AvgIpc) is 2.42. The summed E-state index contributed by atoms with van der Waals surface area (Å²) in [4.78, 5) is 13.7. The zero-order chi connectivity index (χ0) is 13.5. The van der Waals surface area contributed by atoms with E-state index in [1.165, 1.54) is 5.56 Å². The summed E-state index contributed by atoms with van der Waals surface area (Å²) in [6, 6.07) is 10.4. The Morgan fingerprint density at radius 1 is 1.21 bits per heavy atom. The van der Waals surface area contributed by atoms with E-state index in [-0.39, 0.29) is 6.09 Å². The third-order valence-electron chi connectivity index (χ3n) is 3.15. The first-order valence-electron chi connectivity index (χ1n) is 6.72. The van der Waals surface area contributed by atoms with Crippen LogP contribution in [0.3, 0.4) is 0 Å². The highest BCUT2D eigenvalue weighted by Gasteiger charge is 2.18. The van der Waals surface area contributed by atoms with E-state index in [9.17, 15) is 4.79 Å². The van der Waals surface area contributed by atoms with Gasteiger partial charge in [-0.15, -0.1) is 0 Å². The number of rotatable bonds is 4. The first kappa shape index (κ1) is 13.8. The molecule has 1 aromatic carbocycles. The van der Waals surface area contributed by atoms with E-state index in [2.05, 4.69) is 34.6 Å². The predicted octanol–water partition coefficient (Wildman–Crippen LogP) is 1.47. The lowest BCUT2D eigenvalue weighted by atomic mass is 10.2. The van der Waals surface area contributed by atoms with Crippen LogP contribution < -0.4 is 5.43 Å². The van der Waals surface area contributed by atoms with Gasteiger partial charge in [-0.05, 0) is 12.5 Å². The number of benzene rings is 1. The molecule has 19 heavy (non-hydrogen) atoms. The smallest absolute Gasteiger partial charge is 0.421 e. The van der Waals surface area contributed by atoms with Crippen LogP contribution in [-0.4, -0.2) is 48.8 Å². The van der Waals surface area contributed by atoms with Crippen LogP contribution in [0.5, 0.6) is 0 Å². The van der Waals surface area contributed by atoms with Crippen molar-refractivity contribution < 1.29 is 9.53 Å². The lowest BCUT2D eigenvalue weighted by molar-refractivity contribution is 0.0684. The molecule has 1 aliphatic rings. The van der Waals surface area contributed by atoms with Crippen molar-refractivity contribution in [2.45, 2.75) is 13.5 Å². The second-order valence-electron chi connectivity index (χ2n) is 4.58. The molecule has 0 atom stereocenters. The summed E-state index contributed by atoms with van der Waals surface area (Å²) in [5.74, 6) is 0. The average molecular weight is 263 g/mol. The van der Waals surface area contributed by atoms with E-state index in [1.54, 1.807) is 6.92 Å². The Balaban J connectivity index is 1.72. The van der Waals surface area contributed by atoms with Crippen molar-refractivity contribution in [1.29, 1.82) is 0 Å². The van der Waals surface area contributed by atoms with Gasteiger partial charge in [0.05, 0.1) is 6.61 Å². The van der Waals surface area contributed by atoms with Gasteiger partial charge in [-0.2, -0.15) is 0 Å². The van der Waals surface area contributed by atoms with E-state index in [0.29, 0.717) is 6.61 Å². The summed E-state index contributed by atoms with van der Waals surface area (Å²) in [7, 11) is 0. The summed E-state index contributed by atoms with van der Waals surface area (Å²) in [5.41, 5.74) is 4.08. The number of amides is 1. The van der Waals surface area contributed by atoms with Crippen molar-refractivity contribution in [3.63, 3.8) is 0 Å². The third kappa shape index (κ3) is 4.54. The monoisotopic (exact) mass is 263 g/mol. The number of hydrazine groups is 1. The maximum absolute atomic E-state index is 11.3. The number of piperazine rings is 1.